The third-order valence-electron chi connectivity index (χ3n) is 3.53. The molecular weight excluding hydrogens is 242 g/mol. The van der Waals surface area contributed by atoms with E-state index in [1.165, 1.54) is 6.42 Å². The fourth-order valence-corrected chi connectivity index (χ4v) is 2.57. The van der Waals surface area contributed by atoms with Gasteiger partial charge in [-0.2, -0.15) is 0 Å². The Morgan fingerprint density at radius 2 is 1.95 bits per heavy atom. The highest BCUT2D eigenvalue weighted by Crippen LogP contribution is 2.24. The van der Waals surface area contributed by atoms with Gasteiger partial charge in [-0.1, -0.05) is 12.8 Å². The second-order valence-electron chi connectivity index (χ2n) is 6.71. The second-order valence-corrected chi connectivity index (χ2v) is 6.71. The Morgan fingerprint density at radius 3 is 2.53 bits per heavy atom. The maximum atomic E-state index is 11.6. The number of carbonyl (C=O) groups excluding carboxylic acids is 1. The van der Waals surface area contributed by atoms with Gasteiger partial charge in [0.1, 0.15) is 5.60 Å². The number of hydrogen-bond donors (Lipinski definition) is 1. The summed E-state index contributed by atoms with van der Waals surface area (Å²) in [6.45, 7) is 7.20. The first-order valence-corrected chi connectivity index (χ1v) is 7.36. The molecule has 0 bridgehead atoms. The highest BCUT2D eigenvalue weighted by atomic mass is 16.6. The van der Waals surface area contributed by atoms with Crippen molar-refractivity contribution in [2.75, 3.05) is 20.1 Å². The molecule has 1 aliphatic carbocycles. The van der Waals surface area contributed by atoms with Crippen LogP contribution in [0.4, 0.5) is 0 Å². The third kappa shape index (κ3) is 6.92. The average molecular weight is 271 g/mol. The molecule has 1 rings (SSSR count). The van der Waals surface area contributed by atoms with Gasteiger partial charge in [-0.3, -0.25) is 4.79 Å². The van der Waals surface area contributed by atoms with Crippen molar-refractivity contribution in [2.45, 2.75) is 64.6 Å². The highest BCUT2D eigenvalue weighted by Gasteiger charge is 2.24. The minimum atomic E-state index is -0.408. The summed E-state index contributed by atoms with van der Waals surface area (Å²) < 4.78 is 5.28. The molecule has 1 fully saturated rings. The first kappa shape index (κ1) is 16.4. The van der Waals surface area contributed by atoms with E-state index < -0.39 is 5.60 Å². The van der Waals surface area contributed by atoms with Crippen LogP contribution >= 0.6 is 0 Å². The summed E-state index contributed by atoms with van der Waals surface area (Å²) in [5.41, 5.74) is -0.408. The summed E-state index contributed by atoms with van der Waals surface area (Å²) in [6, 6.07) is 0. The van der Waals surface area contributed by atoms with E-state index in [0.29, 0.717) is 18.9 Å². The number of esters is 1. The Labute approximate surface area is 117 Å². The fraction of sp³-hybridized carbons (Fsp3) is 0.933. The first-order chi connectivity index (χ1) is 8.78. The standard InChI is InChI=1S/C15H29NO3/c1-15(2,3)19-14(18)9-10-16(4)11-12-7-5-6-8-13(12)17/h12-13,17H,5-11H2,1-4H3. The fourth-order valence-electron chi connectivity index (χ4n) is 2.57. The number of hydrogen-bond acceptors (Lipinski definition) is 4. The lowest BCUT2D eigenvalue weighted by Gasteiger charge is -2.31. The Morgan fingerprint density at radius 1 is 1.32 bits per heavy atom. The van der Waals surface area contributed by atoms with Gasteiger partial charge in [-0.05, 0) is 46.6 Å². The van der Waals surface area contributed by atoms with Gasteiger partial charge in [0.2, 0.25) is 0 Å². The zero-order valence-electron chi connectivity index (χ0n) is 12.8. The van der Waals surface area contributed by atoms with Gasteiger partial charge in [-0.25, -0.2) is 0 Å². The zero-order valence-corrected chi connectivity index (χ0v) is 12.8. The summed E-state index contributed by atoms with van der Waals surface area (Å²) in [4.78, 5) is 13.7. The minimum Gasteiger partial charge on any atom is -0.460 e. The Hall–Kier alpha value is -0.610. The lowest BCUT2D eigenvalue weighted by Crippen LogP contribution is -2.36. The summed E-state index contributed by atoms with van der Waals surface area (Å²) in [6.07, 6.45) is 4.61. The van der Waals surface area contributed by atoms with Crippen molar-refractivity contribution in [1.29, 1.82) is 0 Å². The molecule has 0 heterocycles. The molecule has 0 radical (unpaired) electrons. The van der Waals surface area contributed by atoms with Crippen LogP contribution < -0.4 is 0 Å². The topological polar surface area (TPSA) is 49.8 Å². The van der Waals surface area contributed by atoms with Crippen LogP contribution in [0.25, 0.3) is 0 Å². The number of nitrogens with zero attached hydrogens (tertiary/aromatic N) is 1. The van der Waals surface area contributed by atoms with Crippen LogP contribution in [0, 0.1) is 5.92 Å². The molecule has 0 aromatic heterocycles. The number of rotatable bonds is 5. The van der Waals surface area contributed by atoms with Gasteiger partial charge < -0.3 is 14.7 Å². The van der Waals surface area contributed by atoms with E-state index in [9.17, 15) is 9.90 Å². The van der Waals surface area contributed by atoms with Crippen molar-refractivity contribution in [1.82, 2.24) is 4.90 Å². The van der Waals surface area contributed by atoms with Crippen molar-refractivity contribution in [3.8, 4) is 0 Å². The van der Waals surface area contributed by atoms with Crippen LogP contribution in [0.2, 0.25) is 0 Å². The van der Waals surface area contributed by atoms with E-state index in [1.807, 2.05) is 27.8 Å². The molecule has 2 unspecified atom stereocenters. The minimum absolute atomic E-state index is 0.149. The third-order valence-corrected chi connectivity index (χ3v) is 3.53. The Balaban J connectivity index is 2.23. The quantitative estimate of drug-likeness (QED) is 0.779. The number of aliphatic hydroxyl groups excluding tert-OH is 1. The molecule has 0 aromatic carbocycles. The molecular formula is C15H29NO3. The van der Waals surface area contributed by atoms with Crippen LogP contribution in [-0.4, -0.2) is 47.8 Å². The van der Waals surface area contributed by atoms with E-state index in [1.54, 1.807) is 0 Å². The largest absolute Gasteiger partial charge is 0.460 e. The lowest BCUT2D eigenvalue weighted by atomic mass is 9.86. The van der Waals surface area contributed by atoms with Gasteiger partial charge in [0, 0.05) is 13.1 Å². The molecule has 0 aromatic rings. The van der Waals surface area contributed by atoms with Crippen molar-refractivity contribution in [3.63, 3.8) is 0 Å². The molecule has 2 atom stereocenters. The van der Waals surface area contributed by atoms with Gasteiger partial charge in [0.25, 0.3) is 0 Å². The van der Waals surface area contributed by atoms with E-state index >= 15 is 0 Å². The van der Waals surface area contributed by atoms with Gasteiger partial charge >= 0.3 is 5.97 Å². The summed E-state index contributed by atoms with van der Waals surface area (Å²) in [5.74, 6) is 0.209. The monoisotopic (exact) mass is 271 g/mol. The molecule has 0 saturated heterocycles. The molecule has 19 heavy (non-hydrogen) atoms. The lowest BCUT2D eigenvalue weighted by molar-refractivity contribution is -0.155. The molecule has 1 N–H and O–H groups in total. The summed E-state index contributed by atoms with van der Waals surface area (Å²) >= 11 is 0. The van der Waals surface area contributed by atoms with Crippen LogP contribution in [0.15, 0.2) is 0 Å². The molecule has 4 nitrogen and oxygen atoms in total. The summed E-state index contributed by atoms with van der Waals surface area (Å²) in [5, 5.41) is 9.93. The van der Waals surface area contributed by atoms with Gasteiger partial charge in [0.15, 0.2) is 0 Å². The van der Waals surface area contributed by atoms with Crippen molar-refractivity contribution < 1.29 is 14.6 Å². The second kappa shape index (κ2) is 7.25. The van der Waals surface area contributed by atoms with Crippen molar-refractivity contribution >= 4 is 5.97 Å². The molecule has 0 aliphatic heterocycles. The number of ether oxygens (including phenoxy) is 1. The van der Waals surface area contributed by atoms with Crippen molar-refractivity contribution in [3.05, 3.63) is 0 Å². The van der Waals surface area contributed by atoms with Crippen LogP contribution in [0.1, 0.15) is 52.9 Å². The summed E-state index contributed by atoms with van der Waals surface area (Å²) in [7, 11) is 2.01. The Kier molecular flexibility index (Phi) is 6.27. The van der Waals surface area contributed by atoms with E-state index in [2.05, 4.69) is 4.90 Å². The van der Waals surface area contributed by atoms with E-state index in [0.717, 1.165) is 25.8 Å². The van der Waals surface area contributed by atoms with E-state index in [4.69, 9.17) is 4.74 Å². The van der Waals surface area contributed by atoms with Crippen molar-refractivity contribution in [2.24, 2.45) is 5.92 Å². The number of carbonyl (C=O) groups is 1. The molecule has 1 aliphatic rings. The van der Waals surface area contributed by atoms with Gasteiger partial charge in [-0.15, -0.1) is 0 Å². The van der Waals surface area contributed by atoms with Crippen LogP contribution in [0.5, 0.6) is 0 Å². The zero-order chi connectivity index (χ0) is 14.5. The molecule has 0 spiro atoms. The molecule has 0 amide bonds. The average Bonchev–Trinajstić information content (AvgIpc) is 2.27. The molecule has 1 saturated carbocycles. The van der Waals surface area contributed by atoms with Gasteiger partial charge in [0.05, 0.1) is 12.5 Å². The van der Waals surface area contributed by atoms with Crippen LogP contribution in [0.3, 0.4) is 0 Å². The Bertz CT molecular complexity index is 286. The molecule has 112 valence electrons. The maximum Gasteiger partial charge on any atom is 0.307 e. The normalized spacial score (nSPS) is 24.5. The smallest absolute Gasteiger partial charge is 0.307 e. The first-order valence-electron chi connectivity index (χ1n) is 7.36. The predicted molar refractivity (Wildman–Crippen MR) is 75.9 cm³/mol. The maximum absolute atomic E-state index is 11.6. The number of aliphatic hydroxyl groups is 1. The van der Waals surface area contributed by atoms with Crippen LogP contribution in [-0.2, 0) is 9.53 Å². The highest BCUT2D eigenvalue weighted by molar-refractivity contribution is 5.70. The van der Waals surface area contributed by atoms with E-state index in [-0.39, 0.29) is 12.1 Å². The SMILES string of the molecule is CN(CCC(=O)OC(C)(C)C)CC1CCCCC1O. The molecule has 4 heteroatoms. The predicted octanol–water partition coefficient (Wildman–Crippen LogP) is 2.20.